The molecular weight excluding hydrogens is 432 g/mol. The fraction of sp³-hybridized carbons (Fsp3) is 0. The fourth-order valence-corrected chi connectivity index (χ4v) is 3.58. The van der Waals surface area contributed by atoms with Crippen molar-refractivity contribution in [2.75, 3.05) is 5.32 Å². The van der Waals surface area contributed by atoms with Crippen LogP contribution in [0.25, 0.3) is 6.08 Å². The van der Waals surface area contributed by atoms with Gasteiger partial charge in [0, 0.05) is 39.0 Å². The molecule has 0 bridgehead atoms. The van der Waals surface area contributed by atoms with E-state index in [1.807, 2.05) is 0 Å². The lowest BCUT2D eigenvalue weighted by Gasteiger charge is -2.18. The number of rotatable bonds is 3. The number of thiocarbonyl (C=S) groups is 1. The molecule has 0 heterocycles. The van der Waals surface area contributed by atoms with E-state index < -0.39 is 5.91 Å². The van der Waals surface area contributed by atoms with E-state index in [9.17, 15) is 14.4 Å². The maximum absolute atomic E-state index is 12.8. The van der Waals surface area contributed by atoms with Crippen LogP contribution in [0.5, 0.6) is 0 Å². The third-order valence-electron chi connectivity index (χ3n) is 4.72. The Labute approximate surface area is 188 Å². The first-order valence-electron chi connectivity index (χ1n) is 9.30. The van der Waals surface area contributed by atoms with Gasteiger partial charge in [0.05, 0.1) is 0 Å². The van der Waals surface area contributed by atoms with Gasteiger partial charge in [-0.25, -0.2) is 0 Å². The summed E-state index contributed by atoms with van der Waals surface area (Å²) in [5.41, 5.74) is 2.72. The summed E-state index contributed by atoms with van der Waals surface area (Å²) in [6.07, 6.45) is 2.98. The maximum atomic E-state index is 12.8. The van der Waals surface area contributed by atoms with Crippen LogP contribution in [0.3, 0.4) is 0 Å². The number of benzene rings is 3. The Morgan fingerprint density at radius 3 is 2.13 bits per heavy atom. The highest BCUT2D eigenvalue weighted by Crippen LogP contribution is 2.29. The second-order valence-corrected chi connectivity index (χ2v) is 7.64. The number of ketones is 2. The standard InChI is InChI=1S/C24H15ClN2O3S/c25-15-8-5-14(6-9-15)7-12-21(28)27-24(31)26-16-10-11-19-20(13-16)23(30)18-4-2-1-3-17(18)22(19)29/h1-13H,(H2,26,27,28,31)/b12-7+. The Morgan fingerprint density at radius 2 is 1.45 bits per heavy atom. The average molecular weight is 447 g/mol. The van der Waals surface area contributed by atoms with Crippen LogP contribution in [0, 0.1) is 0 Å². The number of anilines is 1. The molecule has 3 aromatic rings. The van der Waals surface area contributed by atoms with Crippen molar-refractivity contribution in [3.8, 4) is 0 Å². The summed E-state index contributed by atoms with van der Waals surface area (Å²) in [4.78, 5) is 37.6. The molecule has 3 aromatic carbocycles. The molecule has 0 fully saturated rings. The maximum Gasteiger partial charge on any atom is 0.250 e. The van der Waals surface area contributed by atoms with E-state index in [0.717, 1.165) is 5.56 Å². The zero-order valence-corrected chi connectivity index (χ0v) is 17.6. The van der Waals surface area contributed by atoms with Gasteiger partial charge in [-0.15, -0.1) is 0 Å². The number of nitrogens with one attached hydrogen (secondary N) is 2. The van der Waals surface area contributed by atoms with E-state index >= 15 is 0 Å². The second kappa shape index (κ2) is 8.63. The van der Waals surface area contributed by atoms with Gasteiger partial charge in [0.25, 0.3) is 0 Å². The van der Waals surface area contributed by atoms with Gasteiger partial charge < -0.3 is 5.32 Å². The van der Waals surface area contributed by atoms with Crippen LogP contribution in [0.1, 0.15) is 37.4 Å². The first kappa shape index (κ1) is 20.7. The summed E-state index contributed by atoms with van der Waals surface area (Å²) in [5, 5.41) is 6.10. The molecule has 7 heteroatoms. The molecule has 31 heavy (non-hydrogen) atoms. The van der Waals surface area contributed by atoms with Crippen molar-refractivity contribution in [1.29, 1.82) is 0 Å². The van der Waals surface area contributed by atoms with E-state index in [1.54, 1.807) is 72.8 Å². The van der Waals surface area contributed by atoms with Gasteiger partial charge in [-0.2, -0.15) is 0 Å². The number of fused-ring (bicyclic) bond motifs is 2. The predicted octanol–water partition coefficient (Wildman–Crippen LogP) is 4.64. The lowest BCUT2D eigenvalue weighted by Crippen LogP contribution is -2.33. The lowest BCUT2D eigenvalue weighted by atomic mass is 9.84. The number of carbonyl (C=O) groups excluding carboxylic acids is 3. The zero-order chi connectivity index (χ0) is 22.0. The molecule has 0 spiro atoms. The zero-order valence-electron chi connectivity index (χ0n) is 16.0. The minimum absolute atomic E-state index is 0.0701. The molecule has 152 valence electrons. The van der Waals surface area contributed by atoms with E-state index in [2.05, 4.69) is 10.6 Å². The molecular formula is C24H15ClN2O3S. The van der Waals surface area contributed by atoms with Crippen molar-refractivity contribution >= 4 is 58.2 Å². The Balaban J connectivity index is 1.45. The summed E-state index contributed by atoms with van der Waals surface area (Å²) < 4.78 is 0. The van der Waals surface area contributed by atoms with Crippen molar-refractivity contribution in [3.63, 3.8) is 0 Å². The third kappa shape index (κ3) is 4.45. The fourth-order valence-electron chi connectivity index (χ4n) is 3.24. The summed E-state index contributed by atoms with van der Waals surface area (Å²) in [7, 11) is 0. The second-order valence-electron chi connectivity index (χ2n) is 6.79. The van der Waals surface area contributed by atoms with Crippen LogP contribution >= 0.6 is 23.8 Å². The number of amides is 1. The average Bonchev–Trinajstić information content (AvgIpc) is 2.77. The predicted molar refractivity (Wildman–Crippen MR) is 125 cm³/mol. The van der Waals surface area contributed by atoms with Crippen molar-refractivity contribution in [2.24, 2.45) is 0 Å². The highest BCUT2D eigenvalue weighted by molar-refractivity contribution is 7.80. The van der Waals surface area contributed by atoms with E-state index in [1.165, 1.54) is 6.08 Å². The number of hydrogen-bond acceptors (Lipinski definition) is 4. The van der Waals surface area contributed by atoms with Gasteiger partial charge in [0.1, 0.15) is 0 Å². The largest absolute Gasteiger partial charge is 0.332 e. The van der Waals surface area contributed by atoms with Crippen molar-refractivity contribution in [3.05, 3.63) is 106 Å². The molecule has 0 unspecified atom stereocenters. The van der Waals surface area contributed by atoms with Gasteiger partial charge in [0.15, 0.2) is 16.7 Å². The summed E-state index contributed by atoms with van der Waals surface area (Å²) in [5.74, 6) is -0.833. The molecule has 0 radical (unpaired) electrons. The molecule has 5 nitrogen and oxygen atoms in total. The number of carbonyl (C=O) groups is 3. The van der Waals surface area contributed by atoms with Crippen molar-refractivity contribution < 1.29 is 14.4 Å². The van der Waals surface area contributed by atoms with Crippen molar-refractivity contribution in [1.82, 2.24) is 5.32 Å². The Morgan fingerprint density at radius 1 is 0.839 bits per heavy atom. The van der Waals surface area contributed by atoms with Crippen LogP contribution in [0.2, 0.25) is 5.02 Å². The Kier molecular flexibility index (Phi) is 5.75. The minimum atomic E-state index is -0.411. The van der Waals surface area contributed by atoms with E-state index in [4.69, 9.17) is 23.8 Å². The molecule has 0 saturated heterocycles. The van der Waals surface area contributed by atoms with Crippen molar-refractivity contribution in [2.45, 2.75) is 0 Å². The quantitative estimate of drug-likeness (QED) is 0.354. The summed E-state index contributed by atoms with van der Waals surface area (Å²) in [6, 6.07) is 18.5. The normalized spacial score (nSPS) is 12.3. The molecule has 0 aliphatic heterocycles. The highest BCUT2D eigenvalue weighted by Gasteiger charge is 2.29. The van der Waals surface area contributed by atoms with Crippen LogP contribution in [0.15, 0.2) is 72.8 Å². The molecule has 1 amide bonds. The molecule has 1 aliphatic rings. The summed E-state index contributed by atoms with van der Waals surface area (Å²) in [6.45, 7) is 0. The van der Waals surface area contributed by atoms with E-state index in [0.29, 0.717) is 33.0 Å². The molecule has 4 rings (SSSR count). The lowest BCUT2D eigenvalue weighted by molar-refractivity contribution is -0.115. The minimum Gasteiger partial charge on any atom is -0.332 e. The first-order chi connectivity index (χ1) is 14.9. The Hall–Kier alpha value is -3.61. The SMILES string of the molecule is O=C(/C=C/c1ccc(Cl)cc1)NC(=S)Nc1ccc2c(c1)C(=O)c1ccccc1C2=O. The van der Waals surface area contributed by atoms with Gasteiger partial charge in [0.2, 0.25) is 5.91 Å². The molecule has 0 saturated carbocycles. The smallest absolute Gasteiger partial charge is 0.250 e. The van der Waals surface area contributed by atoms with Crippen LogP contribution in [-0.4, -0.2) is 22.6 Å². The van der Waals surface area contributed by atoms with E-state index in [-0.39, 0.29) is 16.7 Å². The van der Waals surface area contributed by atoms with Crippen LogP contribution < -0.4 is 10.6 Å². The van der Waals surface area contributed by atoms with Gasteiger partial charge in [-0.1, -0.05) is 48.0 Å². The topological polar surface area (TPSA) is 75.3 Å². The number of halogens is 1. The third-order valence-corrected chi connectivity index (χ3v) is 5.17. The van der Waals surface area contributed by atoms with Gasteiger partial charge in [-0.05, 0) is 54.2 Å². The van der Waals surface area contributed by atoms with Crippen LogP contribution in [-0.2, 0) is 4.79 Å². The first-order valence-corrected chi connectivity index (χ1v) is 10.1. The molecule has 0 atom stereocenters. The molecule has 2 N–H and O–H groups in total. The highest BCUT2D eigenvalue weighted by atomic mass is 35.5. The Bertz CT molecular complexity index is 1270. The van der Waals surface area contributed by atoms with Crippen LogP contribution in [0.4, 0.5) is 5.69 Å². The molecule has 0 aromatic heterocycles. The molecule has 1 aliphatic carbocycles. The van der Waals surface area contributed by atoms with Gasteiger partial charge in [-0.3, -0.25) is 19.7 Å². The summed E-state index contributed by atoms with van der Waals surface area (Å²) >= 11 is 11.0. The monoisotopic (exact) mass is 446 g/mol. The number of hydrogen-bond donors (Lipinski definition) is 2. The van der Waals surface area contributed by atoms with Gasteiger partial charge >= 0.3 is 0 Å².